The van der Waals surface area contributed by atoms with E-state index in [4.69, 9.17) is 5.73 Å². The fourth-order valence-electron chi connectivity index (χ4n) is 1.73. The van der Waals surface area contributed by atoms with Crippen molar-refractivity contribution < 1.29 is 13.6 Å². The molecule has 0 bridgehead atoms. The molecule has 0 unspecified atom stereocenters. The highest BCUT2D eigenvalue weighted by atomic mass is 19.1. The average molecular weight is 316 g/mol. The first-order chi connectivity index (χ1) is 11.0. The summed E-state index contributed by atoms with van der Waals surface area (Å²) >= 11 is 0. The Morgan fingerprint density at radius 1 is 1.30 bits per heavy atom. The lowest BCUT2D eigenvalue weighted by Crippen LogP contribution is -2.13. The molecule has 0 radical (unpaired) electrons. The second-order valence-corrected chi connectivity index (χ2v) is 4.56. The second kappa shape index (κ2) is 7.79. The van der Waals surface area contributed by atoms with Gasteiger partial charge in [-0.1, -0.05) is 30.3 Å². The van der Waals surface area contributed by atoms with E-state index in [9.17, 15) is 13.6 Å². The first-order valence-corrected chi connectivity index (χ1v) is 6.69. The van der Waals surface area contributed by atoms with Crippen molar-refractivity contribution >= 4 is 17.4 Å². The highest BCUT2D eigenvalue weighted by molar-refractivity contribution is 6.00. The summed E-state index contributed by atoms with van der Waals surface area (Å²) in [6.45, 7) is 0. The lowest BCUT2D eigenvalue weighted by Gasteiger charge is -2.01. The van der Waals surface area contributed by atoms with Crippen LogP contribution in [0.1, 0.15) is 5.56 Å². The number of benzene rings is 1. The van der Waals surface area contributed by atoms with E-state index in [0.29, 0.717) is 0 Å². The van der Waals surface area contributed by atoms with Gasteiger partial charge in [-0.25, -0.2) is 9.37 Å². The van der Waals surface area contributed by atoms with Gasteiger partial charge >= 0.3 is 0 Å². The van der Waals surface area contributed by atoms with Crippen LogP contribution in [0.25, 0.3) is 0 Å². The van der Waals surface area contributed by atoms with Gasteiger partial charge in [-0.2, -0.15) is 9.38 Å². The Hall–Kier alpha value is -3.09. The molecule has 0 aliphatic heterocycles. The van der Waals surface area contributed by atoms with Crippen LogP contribution in [0.4, 0.5) is 14.5 Å². The molecule has 0 atom stereocenters. The maximum Gasteiger partial charge on any atom is 0.252 e. The Morgan fingerprint density at radius 2 is 2.04 bits per heavy atom. The van der Waals surface area contributed by atoms with Gasteiger partial charge in [-0.3, -0.25) is 4.79 Å². The minimum Gasteiger partial charge on any atom is -0.384 e. The zero-order chi connectivity index (χ0) is 16.7. The molecule has 1 aromatic heterocycles. The molecule has 2 aromatic rings. The third-order valence-corrected chi connectivity index (χ3v) is 2.77. The van der Waals surface area contributed by atoms with Crippen LogP contribution < -0.4 is 11.1 Å². The van der Waals surface area contributed by atoms with E-state index in [0.717, 1.165) is 17.8 Å². The van der Waals surface area contributed by atoms with E-state index < -0.39 is 17.7 Å². The number of anilines is 1. The third-order valence-electron chi connectivity index (χ3n) is 2.77. The minimum absolute atomic E-state index is 0.0478. The lowest BCUT2D eigenvalue weighted by atomic mass is 10.1. The normalized spacial score (nSPS) is 11.7. The van der Waals surface area contributed by atoms with Crippen LogP contribution in [0.5, 0.6) is 0 Å². The fourth-order valence-corrected chi connectivity index (χ4v) is 1.73. The largest absolute Gasteiger partial charge is 0.384 e. The topological polar surface area (TPSA) is 80.4 Å². The molecule has 0 fully saturated rings. The van der Waals surface area contributed by atoms with Crippen molar-refractivity contribution in [2.75, 3.05) is 5.32 Å². The number of nitrogens with one attached hydrogen (secondary N) is 1. The van der Waals surface area contributed by atoms with Gasteiger partial charge in [-0.15, -0.1) is 0 Å². The summed E-state index contributed by atoms with van der Waals surface area (Å²) in [7, 11) is 0. The number of nitrogens with zero attached hydrogens (tertiary/aromatic N) is 2. The fraction of sp³-hybridized carbons (Fsp3) is 0.0625. The number of nitrogens with two attached hydrogens (primary N) is 1. The molecule has 0 saturated carbocycles. The molecule has 3 N–H and O–H groups in total. The number of rotatable bonds is 5. The number of carbonyl (C=O) groups is 1. The minimum atomic E-state index is -0.818. The van der Waals surface area contributed by atoms with Gasteiger partial charge in [0, 0.05) is 12.3 Å². The van der Waals surface area contributed by atoms with E-state index in [-0.39, 0.29) is 17.9 Å². The maximum absolute atomic E-state index is 13.3. The molecule has 5 nitrogen and oxygen atoms in total. The van der Waals surface area contributed by atoms with Gasteiger partial charge in [0.15, 0.2) is 5.82 Å². The summed E-state index contributed by atoms with van der Waals surface area (Å²) in [5, 5.41) is 2.50. The van der Waals surface area contributed by atoms with Crippen molar-refractivity contribution in [1.82, 2.24) is 4.98 Å². The monoisotopic (exact) mass is 316 g/mol. The first-order valence-electron chi connectivity index (χ1n) is 6.69. The molecule has 118 valence electrons. The van der Waals surface area contributed by atoms with Crippen molar-refractivity contribution in [2.24, 2.45) is 10.7 Å². The summed E-state index contributed by atoms with van der Waals surface area (Å²) in [4.78, 5) is 18.6. The number of aliphatic imine (C=N–C) groups is 1. The molecule has 1 heterocycles. The van der Waals surface area contributed by atoms with Crippen LogP contribution >= 0.6 is 0 Å². The average Bonchev–Trinajstić information content (AvgIpc) is 2.51. The third kappa shape index (κ3) is 5.31. The van der Waals surface area contributed by atoms with E-state index in [2.05, 4.69) is 15.3 Å². The Bertz CT molecular complexity index is 745. The zero-order valence-electron chi connectivity index (χ0n) is 12.0. The van der Waals surface area contributed by atoms with E-state index in [1.165, 1.54) is 12.3 Å². The first kappa shape index (κ1) is 16.3. The molecule has 0 aliphatic carbocycles. The standard InChI is InChI=1S/C16H14F2N4O/c17-12-10-21-14(18)9-13(12)20-7-6-15(19)22-16(23)8-11-4-2-1-3-5-11/h1-7,9-10H,8H2,(H,20,21)(H2,19,22,23)/b7-6-. The van der Waals surface area contributed by atoms with E-state index in [1.807, 2.05) is 30.3 Å². The summed E-state index contributed by atoms with van der Waals surface area (Å²) in [5.41, 5.74) is 6.31. The molecule has 1 aromatic carbocycles. The molecule has 0 spiro atoms. The van der Waals surface area contributed by atoms with Crippen LogP contribution in [0.3, 0.4) is 0 Å². The van der Waals surface area contributed by atoms with E-state index >= 15 is 0 Å². The second-order valence-electron chi connectivity index (χ2n) is 4.56. The Kier molecular flexibility index (Phi) is 5.51. The Labute approximate surface area is 131 Å². The number of aromatic nitrogens is 1. The number of pyridine rings is 1. The van der Waals surface area contributed by atoms with Crippen LogP contribution in [-0.2, 0) is 11.2 Å². The molecule has 2 rings (SSSR count). The molecule has 0 aliphatic rings. The molecular formula is C16H14F2N4O. The quantitative estimate of drug-likeness (QED) is 0.504. The SMILES string of the molecule is NC(/C=C\Nc1cc(F)ncc1F)=NC(=O)Cc1ccccc1. The number of amidine groups is 1. The van der Waals surface area contributed by atoms with Crippen molar-refractivity contribution in [3.05, 3.63) is 72.2 Å². The van der Waals surface area contributed by atoms with Gasteiger partial charge in [0.2, 0.25) is 5.95 Å². The van der Waals surface area contributed by atoms with Gasteiger partial charge in [0.1, 0.15) is 5.84 Å². The number of hydrogen-bond donors (Lipinski definition) is 2. The molecule has 0 saturated heterocycles. The lowest BCUT2D eigenvalue weighted by molar-refractivity contribution is -0.117. The summed E-state index contributed by atoms with van der Waals surface area (Å²) in [5.74, 6) is -1.98. The number of amides is 1. The molecule has 7 heteroatoms. The van der Waals surface area contributed by atoms with Gasteiger partial charge in [0.25, 0.3) is 5.91 Å². The Balaban J connectivity index is 1.93. The van der Waals surface area contributed by atoms with Crippen LogP contribution in [0.15, 0.2) is 59.9 Å². The van der Waals surface area contributed by atoms with Gasteiger partial charge in [-0.05, 0) is 11.6 Å². The number of hydrogen-bond acceptors (Lipinski definition) is 3. The van der Waals surface area contributed by atoms with Crippen molar-refractivity contribution in [1.29, 1.82) is 0 Å². The number of halogens is 2. The van der Waals surface area contributed by atoms with Crippen LogP contribution in [0.2, 0.25) is 0 Å². The summed E-state index contributed by atoms with van der Waals surface area (Å²) < 4.78 is 26.2. The summed E-state index contributed by atoms with van der Waals surface area (Å²) in [6, 6.07) is 10.0. The highest BCUT2D eigenvalue weighted by Crippen LogP contribution is 2.12. The predicted octanol–water partition coefficient (Wildman–Crippen LogP) is 2.41. The summed E-state index contributed by atoms with van der Waals surface area (Å²) in [6.07, 6.45) is 3.42. The van der Waals surface area contributed by atoms with Crippen molar-refractivity contribution in [3.8, 4) is 0 Å². The smallest absolute Gasteiger partial charge is 0.252 e. The van der Waals surface area contributed by atoms with Gasteiger partial charge < -0.3 is 11.1 Å². The predicted molar refractivity (Wildman–Crippen MR) is 83.7 cm³/mol. The number of carbonyl (C=O) groups excluding carboxylic acids is 1. The molecular weight excluding hydrogens is 302 g/mol. The molecule has 1 amide bonds. The molecule has 23 heavy (non-hydrogen) atoms. The van der Waals surface area contributed by atoms with Crippen LogP contribution in [0, 0.1) is 11.8 Å². The van der Waals surface area contributed by atoms with E-state index in [1.54, 1.807) is 0 Å². The highest BCUT2D eigenvalue weighted by Gasteiger charge is 2.03. The van der Waals surface area contributed by atoms with Gasteiger partial charge in [0.05, 0.1) is 18.3 Å². The Morgan fingerprint density at radius 3 is 2.78 bits per heavy atom. The van der Waals surface area contributed by atoms with Crippen LogP contribution in [-0.4, -0.2) is 16.7 Å². The maximum atomic E-state index is 13.3. The van der Waals surface area contributed by atoms with Crippen molar-refractivity contribution in [3.63, 3.8) is 0 Å². The van der Waals surface area contributed by atoms with Crippen molar-refractivity contribution in [2.45, 2.75) is 6.42 Å². The zero-order valence-corrected chi connectivity index (χ0v) is 12.0.